The summed E-state index contributed by atoms with van der Waals surface area (Å²) in [5, 5.41) is 2.54. The van der Waals surface area contributed by atoms with Gasteiger partial charge in [0.15, 0.2) is 0 Å². The Kier molecular flexibility index (Phi) is 4.17. The number of fused-ring (bicyclic) bond motifs is 1. The molecule has 1 aliphatic heterocycles. The molecule has 0 saturated heterocycles. The average Bonchev–Trinajstić information content (AvgIpc) is 2.71. The lowest BCUT2D eigenvalue weighted by Gasteiger charge is -2.16. The third-order valence-corrected chi connectivity index (χ3v) is 3.51. The molecule has 0 fully saturated rings. The van der Waals surface area contributed by atoms with Crippen molar-refractivity contribution >= 4 is 23.3 Å². The van der Waals surface area contributed by atoms with Crippen LogP contribution in [0.1, 0.15) is 35.7 Å². The lowest BCUT2D eigenvalue weighted by atomic mass is 10.1. The number of Topliss-reactive ketones (excluding diaryl/α,β-unsaturated/α-hetero) is 1. The van der Waals surface area contributed by atoms with Crippen LogP contribution in [0.25, 0.3) is 0 Å². The molecule has 0 aliphatic carbocycles. The van der Waals surface area contributed by atoms with E-state index in [-0.39, 0.29) is 5.91 Å². The number of ketones is 1. The van der Waals surface area contributed by atoms with Crippen molar-refractivity contribution in [1.29, 1.82) is 0 Å². The van der Waals surface area contributed by atoms with Crippen LogP contribution in [0.4, 0.5) is 5.69 Å². The average molecular weight is 274 g/mol. The number of carbonyl (C=O) groups is 3. The van der Waals surface area contributed by atoms with Crippen LogP contribution < -0.4 is 10.2 Å². The van der Waals surface area contributed by atoms with E-state index in [0.717, 1.165) is 12.0 Å². The maximum absolute atomic E-state index is 12.0. The standard InChI is InChI=1S/C15H18N2O3/c1-3-10-6-7-12-11(9-10)14(19)15(20)17(12)8-4-5-13(18)16-2/h6-7,9H,3-5,8H2,1-2H3,(H,16,18). The summed E-state index contributed by atoms with van der Waals surface area (Å²) in [5.41, 5.74) is 2.18. The molecule has 0 radical (unpaired) electrons. The van der Waals surface area contributed by atoms with Gasteiger partial charge in [0.2, 0.25) is 5.91 Å². The molecule has 1 aromatic carbocycles. The van der Waals surface area contributed by atoms with Crippen LogP contribution in [-0.2, 0) is 16.0 Å². The fourth-order valence-corrected chi connectivity index (χ4v) is 2.31. The molecule has 5 nitrogen and oxygen atoms in total. The van der Waals surface area contributed by atoms with Crippen LogP contribution in [0.5, 0.6) is 0 Å². The Morgan fingerprint density at radius 3 is 2.70 bits per heavy atom. The number of hydrogen-bond donors (Lipinski definition) is 1. The molecular formula is C15H18N2O3. The van der Waals surface area contributed by atoms with Crippen LogP contribution in [-0.4, -0.2) is 31.2 Å². The molecule has 0 unspecified atom stereocenters. The molecule has 0 saturated carbocycles. The summed E-state index contributed by atoms with van der Waals surface area (Å²) in [6.07, 6.45) is 1.70. The van der Waals surface area contributed by atoms with Gasteiger partial charge in [0.1, 0.15) is 0 Å². The molecule has 2 amide bonds. The highest BCUT2D eigenvalue weighted by Gasteiger charge is 2.35. The number of aryl methyl sites for hydroxylation is 1. The summed E-state index contributed by atoms with van der Waals surface area (Å²) >= 11 is 0. The highest BCUT2D eigenvalue weighted by molar-refractivity contribution is 6.52. The summed E-state index contributed by atoms with van der Waals surface area (Å²) in [6.45, 7) is 2.39. The number of hydrogen-bond acceptors (Lipinski definition) is 3. The van der Waals surface area contributed by atoms with E-state index < -0.39 is 11.7 Å². The number of anilines is 1. The zero-order chi connectivity index (χ0) is 14.7. The van der Waals surface area contributed by atoms with Crippen molar-refractivity contribution < 1.29 is 14.4 Å². The molecule has 0 bridgehead atoms. The molecule has 1 aliphatic rings. The van der Waals surface area contributed by atoms with Crippen LogP contribution in [0.15, 0.2) is 18.2 Å². The van der Waals surface area contributed by atoms with Gasteiger partial charge in [0.05, 0.1) is 11.3 Å². The first kappa shape index (κ1) is 14.2. The maximum Gasteiger partial charge on any atom is 0.299 e. The van der Waals surface area contributed by atoms with E-state index >= 15 is 0 Å². The lowest BCUT2D eigenvalue weighted by Crippen LogP contribution is -2.31. The van der Waals surface area contributed by atoms with Crippen molar-refractivity contribution in [3.63, 3.8) is 0 Å². The van der Waals surface area contributed by atoms with E-state index in [1.165, 1.54) is 4.90 Å². The molecule has 0 atom stereocenters. The SMILES string of the molecule is CCc1ccc2c(c1)C(=O)C(=O)N2CCCC(=O)NC. The number of carbonyl (C=O) groups excluding carboxylic acids is 3. The van der Waals surface area contributed by atoms with Gasteiger partial charge in [-0.2, -0.15) is 0 Å². The highest BCUT2D eigenvalue weighted by atomic mass is 16.2. The Labute approximate surface area is 118 Å². The van der Waals surface area contributed by atoms with Crippen LogP contribution in [0.2, 0.25) is 0 Å². The van der Waals surface area contributed by atoms with Gasteiger partial charge in [-0.3, -0.25) is 14.4 Å². The zero-order valence-corrected chi connectivity index (χ0v) is 11.7. The molecular weight excluding hydrogens is 256 g/mol. The third-order valence-electron chi connectivity index (χ3n) is 3.51. The second-order valence-corrected chi connectivity index (χ2v) is 4.77. The van der Waals surface area contributed by atoms with Crippen molar-refractivity contribution in [3.05, 3.63) is 29.3 Å². The van der Waals surface area contributed by atoms with E-state index in [9.17, 15) is 14.4 Å². The Balaban J connectivity index is 2.14. The van der Waals surface area contributed by atoms with Gasteiger partial charge in [-0.25, -0.2) is 0 Å². The normalized spacial score (nSPS) is 13.6. The second-order valence-electron chi connectivity index (χ2n) is 4.77. The quantitative estimate of drug-likeness (QED) is 0.823. The third kappa shape index (κ3) is 2.57. The lowest BCUT2D eigenvalue weighted by molar-refractivity contribution is -0.121. The van der Waals surface area contributed by atoms with E-state index in [1.807, 2.05) is 19.1 Å². The molecule has 1 heterocycles. The van der Waals surface area contributed by atoms with E-state index in [0.29, 0.717) is 30.6 Å². The Bertz CT molecular complexity index is 566. The second kappa shape index (κ2) is 5.86. The fourth-order valence-electron chi connectivity index (χ4n) is 2.31. The first-order valence-corrected chi connectivity index (χ1v) is 6.78. The molecule has 1 N–H and O–H groups in total. The Hall–Kier alpha value is -2.17. The van der Waals surface area contributed by atoms with Gasteiger partial charge >= 0.3 is 0 Å². The summed E-state index contributed by atoms with van der Waals surface area (Å²) < 4.78 is 0. The smallest absolute Gasteiger partial charge is 0.299 e. The van der Waals surface area contributed by atoms with Gasteiger partial charge in [0, 0.05) is 20.0 Å². The first-order valence-electron chi connectivity index (χ1n) is 6.78. The summed E-state index contributed by atoms with van der Waals surface area (Å²) in [5.74, 6) is -1.01. The van der Waals surface area contributed by atoms with Crippen molar-refractivity contribution in [2.75, 3.05) is 18.5 Å². The van der Waals surface area contributed by atoms with Crippen LogP contribution >= 0.6 is 0 Å². The number of amides is 2. The molecule has 20 heavy (non-hydrogen) atoms. The van der Waals surface area contributed by atoms with E-state index in [2.05, 4.69) is 5.32 Å². The predicted molar refractivity (Wildman–Crippen MR) is 75.8 cm³/mol. The van der Waals surface area contributed by atoms with Crippen molar-refractivity contribution in [2.24, 2.45) is 0 Å². The number of benzene rings is 1. The molecule has 0 spiro atoms. The Morgan fingerprint density at radius 1 is 1.30 bits per heavy atom. The number of nitrogens with one attached hydrogen (secondary N) is 1. The number of nitrogens with zero attached hydrogens (tertiary/aromatic N) is 1. The van der Waals surface area contributed by atoms with E-state index in [1.54, 1.807) is 13.1 Å². The minimum atomic E-state index is -0.495. The molecule has 2 rings (SSSR count). The largest absolute Gasteiger partial charge is 0.359 e. The van der Waals surface area contributed by atoms with Gasteiger partial charge in [0.25, 0.3) is 11.7 Å². The summed E-state index contributed by atoms with van der Waals surface area (Å²) in [4.78, 5) is 36.6. The summed E-state index contributed by atoms with van der Waals surface area (Å²) in [7, 11) is 1.58. The van der Waals surface area contributed by atoms with Gasteiger partial charge in [-0.1, -0.05) is 13.0 Å². The van der Waals surface area contributed by atoms with Crippen molar-refractivity contribution in [2.45, 2.75) is 26.2 Å². The first-order chi connectivity index (χ1) is 9.58. The van der Waals surface area contributed by atoms with Gasteiger partial charge in [-0.05, 0) is 30.5 Å². The monoisotopic (exact) mass is 274 g/mol. The zero-order valence-electron chi connectivity index (χ0n) is 11.7. The summed E-state index contributed by atoms with van der Waals surface area (Å²) in [6, 6.07) is 5.53. The van der Waals surface area contributed by atoms with E-state index in [4.69, 9.17) is 0 Å². The highest BCUT2D eigenvalue weighted by Crippen LogP contribution is 2.30. The fraction of sp³-hybridized carbons (Fsp3) is 0.400. The minimum Gasteiger partial charge on any atom is -0.359 e. The Morgan fingerprint density at radius 2 is 2.05 bits per heavy atom. The molecule has 106 valence electrons. The van der Waals surface area contributed by atoms with Crippen LogP contribution in [0.3, 0.4) is 0 Å². The van der Waals surface area contributed by atoms with Crippen LogP contribution in [0, 0.1) is 0 Å². The van der Waals surface area contributed by atoms with Gasteiger partial charge < -0.3 is 10.2 Å². The molecule has 0 aromatic heterocycles. The minimum absolute atomic E-state index is 0.0653. The number of rotatable bonds is 5. The molecule has 1 aromatic rings. The van der Waals surface area contributed by atoms with Crippen molar-refractivity contribution in [1.82, 2.24) is 5.32 Å². The van der Waals surface area contributed by atoms with Crippen molar-refractivity contribution in [3.8, 4) is 0 Å². The molecule has 5 heteroatoms. The maximum atomic E-state index is 12.0. The predicted octanol–water partition coefficient (Wildman–Crippen LogP) is 1.30. The topological polar surface area (TPSA) is 66.5 Å². The van der Waals surface area contributed by atoms with Gasteiger partial charge in [-0.15, -0.1) is 0 Å².